The van der Waals surface area contributed by atoms with Crippen LogP contribution in [0.2, 0.25) is 0 Å². The van der Waals surface area contributed by atoms with E-state index in [1.165, 1.54) is 7.11 Å². The van der Waals surface area contributed by atoms with E-state index in [9.17, 15) is 8.42 Å². The molecule has 0 fully saturated rings. The highest BCUT2D eigenvalue weighted by atomic mass is 32.2. The summed E-state index contributed by atoms with van der Waals surface area (Å²) in [6.07, 6.45) is 1.63. The third-order valence-corrected chi connectivity index (χ3v) is 4.52. The first-order valence-electron chi connectivity index (χ1n) is 6.92. The zero-order chi connectivity index (χ0) is 15.8. The topological polar surface area (TPSA) is 80.6 Å². The van der Waals surface area contributed by atoms with Crippen molar-refractivity contribution in [2.45, 2.75) is 18.0 Å². The van der Waals surface area contributed by atoms with Gasteiger partial charge in [0.15, 0.2) is 0 Å². The number of sulfonamides is 1. The van der Waals surface area contributed by atoms with Gasteiger partial charge in [0.05, 0.1) is 24.3 Å². The quantitative estimate of drug-likeness (QED) is 0.683. The summed E-state index contributed by atoms with van der Waals surface area (Å²) < 4.78 is 36.5. The molecular weight excluding hydrogens is 304 g/mol. The maximum absolute atomic E-state index is 12.0. The van der Waals surface area contributed by atoms with E-state index >= 15 is 0 Å². The zero-order valence-electron chi connectivity index (χ0n) is 12.4. The monoisotopic (exact) mass is 324 g/mol. The number of benzene rings is 1. The minimum Gasteiger partial charge on any atom is -0.468 e. The van der Waals surface area contributed by atoms with Crippen molar-refractivity contribution in [3.8, 4) is 0 Å². The molecule has 2 aromatic rings. The Morgan fingerprint density at radius 2 is 1.91 bits per heavy atom. The molecule has 0 saturated heterocycles. The van der Waals surface area contributed by atoms with E-state index < -0.39 is 10.0 Å². The van der Waals surface area contributed by atoms with E-state index in [1.54, 1.807) is 30.5 Å². The summed E-state index contributed by atoms with van der Waals surface area (Å²) >= 11 is 0. The molecule has 0 atom stereocenters. The van der Waals surface area contributed by atoms with E-state index in [-0.39, 0.29) is 11.4 Å². The Morgan fingerprint density at radius 1 is 1.14 bits per heavy atom. The predicted octanol–water partition coefficient (Wildman–Crippen LogP) is 1.49. The Morgan fingerprint density at radius 3 is 2.55 bits per heavy atom. The van der Waals surface area contributed by atoms with Crippen molar-refractivity contribution in [1.82, 2.24) is 10.0 Å². The fourth-order valence-corrected chi connectivity index (χ4v) is 2.90. The van der Waals surface area contributed by atoms with Crippen LogP contribution in [0.25, 0.3) is 0 Å². The molecule has 1 aromatic carbocycles. The number of rotatable bonds is 9. The highest BCUT2D eigenvalue weighted by Gasteiger charge is 2.12. The Bertz CT molecular complexity index is 651. The zero-order valence-corrected chi connectivity index (χ0v) is 13.2. The van der Waals surface area contributed by atoms with Gasteiger partial charge in [-0.05, 0) is 29.8 Å². The molecule has 0 aliphatic rings. The summed E-state index contributed by atoms with van der Waals surface area (Å²) in [5, 5.41) is 3.23. The lowest BCUT2D eigenvalue weighted by atomic mass is 10.2. The number of hydrogen-bond acceptors (Lipinski definition) is 5. The largest absolute Gasteiger partial charge is 0.468 e. The average Bonchev–Trinajstić information content (AvgIpc) is 3.01. The van der Waals surface area contributed by atoms with Gasteiger partial charge >= 0.3 is 0 Å². The summed E-state index contributed by atoms with van der Waals surface area (Å²) in [6, 6.07) is 10.5. The molecule has 2 rings (SSSR count). The molecule has 120 valence electrons. The van der Waals surface area contributed by atoms with Crippen LogP contribution in [-0.4, -0.2) is 28.7 Å². The van der Waals surface area contributed by atoms with Gasteiger partial charge in [0.25, 0.3) is 0 Å². The second-order valence-electron chi connectivity index (χ2n) is 4.72. The molecule has 0 unspecified atom stereocenters. The molecular formula is C15H20N2O4S. The van der Waals surface area contributed by atoms with Crippen LogP contribution in [0.1, 0.15) is 11.3 Å². The smallest absolute Gasteiger partial charge is 0.240 e. The molecule has 0 bridgehead atoms. The molecule has 0 saturated carbocycles. The van der Waals surface area contributed by atoms with Crippen molar-refractivity contribution in [1.29, 1.82) is 0 Å². The Balaban J connectivity index is 1.86. The summed E-state index contributed by atoms with van der Waals surface area (Å²) in [6.45, 7) is 1.86. The van der Waals surface area contributed by atoms with Crippen molar-refractivity contribution in [3.63, 3.8) is 0 Å². The second kappa shape index (κ2) is 8.09. The van der Waals surface area contributed by atoms with E-state index in [1.807, 2.05) is 12.1 Å². The number of furan rings is 1. The fourth-order valence-electron chi connectivity index (χ4n) is 1.89. The van der Waals surface area contributed by atoms with Gasteiger partial charge < -0.3 is 14.5 Å². The van der Waals surface area contributed by atoms with Gasteiger partial charge in [0.2, 0.25) is 10.0 Å². The second-order valence-corrected chi connectivity index (χ2v) is 6.48. The minimum absolute atomic E-state index is 0.249. The normalized spacial score (nSPS) is 11.7. The first-order valence-corrected chi connectivity index (χ1v) is 8.41. The molecule has 1 heterocycles. The SMILES string of the molecule is COCCNS(=O)(=O)c1ccc(CNCc2ccco2)cc1. The summed E-state index contributed by atoms with van der Waals surface area (Å²) in [5.74, 6) is 0.863. The maximum Gasteiger partial charge on any atom is 0.240 e. The fraction of sp³-hybridized carbons (Fsp3) is 0.333. The summed E-state index contributed by atoms with van der Waals surface area (Å²) in [7, 11) is -1.94. The van der Waals surface area contributed by atoms with Crippen LogP contribution < -0.4 is 10.0 Å². The number of ether oxygens (including phenoxy) is 1. The molecule has 0 aliphatic carbocycles. The van der Waals surface area contributed by atoms with Crippen molar-refractivity contribution < 1.29 is 17.6 Å². The Hall–Kier alpha value is -1.67. The summed E-state index contributed by atoms with van der Waals surface area (Å²) in [4.78, 5) is 0.249. The van der Waals surface area contributed by atoms with Crippen molar-refractivity contribution in [2.75, 3.05) is 20.3 Å². The molecule has 6 nitrogen and oxygen atoms in total. The molecule has 1 aromatic heterocycles. The Kier molecular flexibility index (Phi) is 6.14. The average molecular weight is 324 g/mol. The van der Waals surface area contributed by atoms with Gasteiger partial charge in [0, 0.05) is 20.2 Å². The van der Waals surface area contributed by atoms with E-state index in [0.29, 0.717) is 19.7 Å². The standard InChI is InChI=1S/C15H20N2O4S/c1-20-10-8-17-22(18,19)15-6-4-13(5-7-15)11-16-12-14-3-2-9-21-14/h2-7,9,16-17H,8,10-12H2,1H3. The molecule has 0 amide bonds. The van der Waals surface area contributed by atoms with E-state index in [2.05, 4.69) is 10.0 Å². The Labute approximate surface area is 130 Å². The predicted molar refractivity (Wildman–Crippen MR) is 82.8 cm³/mol. The lowest BCUT2D eigenvalue weighted by molar-refractivity contribution is 0.204. The van der Waals surface area contributed by atoms with Crippen LogP contribution >= 0.6 is 0 Å². The van der Waals surface area contributed by atoms with Crippen LogP contribution in [0.3, 0.4) is 0 Å². The minimum atomic E-state index is -3.47. The molecule has 0 radical (unpaired) electrons. The maximum atomic E-state index is 12.0. The molecule has 22 heavy (non-hydrogen) atoms. The third kappa shape index (κ3) is 4.96. The molecule has 2 N–H and O–H groups in total. The summed E-state index contributed by atoms with van der Waals surface area (Å²) in [5.41, 5.74) is 1.00. The van der Waals surface area contributed by atoms with Crippen LogP contribution in [0.15, 0.2) is 52.0 Å². The first kappa shape index (κ1) is 16.7. The first-order chi connectivity index (χ1) is 10.6. The van der Waals surface area contributed by atoms with Gasteiger partial charge in [-0.25, -0.2) is 13.1 Å². The van der Waals surface area contributed by atoms with Crippen LogP contribution in [-0.2, 0) is 27.8 Å². The van der Waals surface area contributed by atoms with Gasteiger partial charge in [-0.15, -0.1) is 0 Å². The number of hydrogen-bond donors (Lipinski definition) is 2. The lowest BCUT2D eigenvalue weighted by Gasteiger charge is -2.08. The molecule has 7 heteroatoms. The van der Waals surface area contributed by atoms with Gasteiger partial charge in [-0.3, -0.25) is 0 Å². The van der Waals surface area contributed by atoms with Gasteiger partial charge in [-0.1, -0.05) is 12.1 Å². The highest BCUT2D eigenvalue weighted by molar-refractivity contribution is 7.89. The molecule has 0 aliphatic heterocycles. The van der Waals surface area contributed by atoms with Crippen LogP contribution in [0, 0.1) is 0 Å². The van der Waals surface area contributed by atoms with E-state index in [0.717, 1.165) is 11.3 Å². The number of nitrogens with one attached hydrogen (secondary N) is 2. The van der Waals surface area contributed by atoms with Gasteiger partial charge in [-0.2, -0.15) is 0 Å². The van der Waals surface area contributed by atoms with Crippen molar-refractivity contribution >= 4 is 10.0 Å². The van der Waals surface area contributed by atoms with E-state index in [4.69, 9.17) is 9.15 Å². The third-order valence-electron chi connectivity index (χ3n) is 3.04. The van der Waals surface area contributed by atoms with Crippen molar-refractivity contribution in [2.24, 2.45) is 0 Å². The molecule has 0 spiro atoms. The van der Waals surface area contributed by atoms with Crippen LogP contribution in [0.5, 0.6) is 0 Å². The lowest BCUT2D eigenvalue weighted by Crippen LogP contribution is -2.27. The highest BCUT2D eigenvalue weighted by Crippen LogP contribution is 2.10. The van der Waals surface area contributed by atoms with Gasteiger partial charge in [0.1, 0.15) is 5.76 Å². The van der Waals surface area contributed by atoms with Crippen LogP contribution in [0.4, 0.5) is 0 Å². The van der Waals surface area contributed by atoms with Crippen molar-refractivity contribution in [3.05, 3.63) is 54.0 Å². The number of methoxy groups -OCH3 is 1.